The lowest BCUT2D eigenvalue weighted by atomic mass is 10.1. The molecule has 6 heteroatoms. The third kappa shape index (κ3) is 4.64. The van der Waals surface area contributed by atoms with E-state index < -0.39 is 0 Å². The lowest BCUT2D eigenvalue weighted by Gasteiger charge is -2.10. The van der Waals surface area contributed by atoms with Crippen molar-refractivity contribution in [2.24, 2.45) is 0 Å². The topological polar surface area (TPSA) is 59.0 Å². The number of nitrogens with one attached hydrogen (secondary N) is 2. The highest BCUT2D eigenvalue weighted by Gasteiger charge is 2.05. The summed E-state index contributed by atoms with van der Waals surface area (Å²) in [6, 6.07) is 17.6. The molecule has 0 radical (unpaired) electrons. The summed E-state index contributed by atoms with van der Waals surface area (Å²) in [5.41, 5.74) is 3.02. The zero-order valence-corrected chi connectivity index (χ0v) is 14.8. The molecule has 0 saturated carbocycles. The molecule has 3 aromatic rings. The molecule has 0 unspecified atom stereocenters. The molecule has 0 aliphatic heterocycles. The standard InChI is InChI=1S/C19H20N4OS/c1-25-18-6-3-2-5-17(18)22-19(24)20-13-11-15-7-9-16(10-8-15)23-14-4-12-21-23/h2-10,12,14H,11,13H2,1H3,(H2,20,22,24). The van der Waals surface area contributed by atoms with Crippen LogP contribution in [0.5, 0.6) is 0 Å². The molecular weight excluding hydrogens is 332 g/mol. The number of benzene rings is 2. The van der Waals surface area contributed by atoms with Gasteiger partial charge in [-0.1, -0.05) is 24.3 Å². The molecule has 0 atom stereocenters. The molecule has 2 aromatic carbocycles. The van der Waals surface area contributed by atoms with E-state index in [0.717, 1.165) is 22.7 Å². The van der Waals surface area contributed by atoms with E-state index in [9.17, 15) is 4.79 Å². The Labute approximate surface area is 151 Å². The number of carbonyl (C=O) groups is 1. The third-order valence-electron chi connectivity index (χ3n) is 3.76. The summed E-state index contributed by atoms with van der Waals surface area (Å²) < 4.78 is 1.82. The van der Waals surface area contributed by atoms with Gasteiger partial charge in [-0.2, -0.15) is 5.10 Å². The molecule has 1 aromatic heterocycles. The van der Waals surface area contributed by atoms with Gasteiger partial charge in [0.25, 0.3) is 0 Å². The highest BCUT2D eigenvalue weighted by Crippen LogP contribution is 2.24. The van der Waals surface area contributed by atoms with Gasteiger partial charge in [-0.15, -0.1) is 11.8 Å². The van der Waals surface area contributed by atoms with Crippen LogP contribution in [0.4, 0.5) is 10.5 Å². The normalized spacial score (nSPS) is 10.4. The number of aromatic nitrogens is 2. The van der Waals surface area contributed by atoms with Crippen LogP contribution in [0.1, 0.15) is 5.56 Å². The van der Waals surface area contributed by atoms with E-state index in [1.54, 1.807) is 18.0 Å². The van der Waals surface area contributed by atoms with Crippen LogP contribution in [0.3, 0.4) is 0 Å². The number of para-hydroxylation sites is 1. The SMILES string of the molecule is CSc1ccccc1NC(=O)NCCc1ccc(-n2cccn2)cc1. The Kier molecular flexibility index (Phi) is 5.74. The first-order valence-electron chi connectivity index (χ1n) is 8.03. The molecule has 0 saturated heterocycles. The number of hydrogen-bond donors (Lipinski definition) is 2. The van der Waals surface area contributed by atoms with Gasteiger partial charge in [0.1, 0.15) is 0 Å². The second-order valence-corrected chi connectivity index (χ2v) is 6.30. The Morgan fingerprint density at radius 1 is 1.12 bits per heavy atom. The summed E-state index contributed by atoms with van der Waals surface area (Å²) in [7, 11) is 0. The lowest BCUT2D eigenvalue weighted by molar-refractivity contribution is 0.252. The number of rotatable bonds is 6. The Hall–Kier alpha value is -2.73. The van der Waals surface area contributed by atoms with Gasteiger partial charge in [0, 0.05) is 23.8 Å². The van der Waals surface area contributed by atoms with Gasteiger partial charge >= 0.3 is 6.03 Å². The lowest BCUT2D eigenvalue weighted by Crippen LogP contribution is -2.30. The molecule has 0 aliphatic carbocycles. The molecule has 2 N–H and O–H groups in total. The molecule has 1 heterocycles. The maximum Gasteiger partial charge on any atom is 0.319 e. The minimum absolute atomic E-state index is 0.185. The largest absolute Gasteiger partial charge is 0.338 e. The molecule has 25 heavy (non-hydrogen) atoms. The van der Waals surface area contributed by atoms with Crippen LogP contribution in [-0.2, 0) is 6.42 Å². The minimum atomic E-state index is -0.185. The predicted octanol–water partition coefficient (Wildman–Crippen LogP) is 3.96. The fourth-order valence-electron chi connectivity index (χ4n) is 2.47. The summed E-state index contributed by atoms with van der Waals surface area (Å²) in [5, 5.41) is 9.99. The van der Waals surface area contributed by atoms with Crippen LogP contribution >= 0.6 is 11.8 Å². The average Bonchev–Trinajstić information content (AvgIpc) is 3.17. The minimum Gasteiger partial charge on any atom is -0.338 e. The van der Waals surface area contributed by atoms with Crippen molar-refractivity contribution < 1.29 is 4.79 Å². The Morgan fingerprint density at radius 2 is 1.92 bits per heavy atom. The van der Waals surface area contributed by atoms with Crippen LogP contribution in [0.15, 0.2) is 71.9 Å². The molecule has 5 nitrogen and oxygen atoms in total. The average molecular weight is 352 g/mol. The van der Waals surface area contributed by atoms with Crippen LogP contribution in [0, 0.1) is 0 Å². The van der Waals surface area contributed by atoms with Crippen molar-refractivity contribution >= 4 is 23.5 Å². The number of carbonyl (C=O) groups excluding carboxylic acids is 1. The van der Waals surface area contributed by atoms with Crippen molar-refractivity contribution in [2.75, 3.05) is 18.1 Å². The van der Waals surface area contributed by atoms with Gasteiger partial charge in [0.05, 0.1) is 11.4 Å². The van der Waals surface area contributed by atoms with E-state index in [4.69, 9.17) is 0 Å². The summed E-state index contributed by atoms with van der Waals surface area (Å²) in [6.45, 7) is 0.578. The first-order chi connectivity index (χ1) is 12.3. The van der Waals surface area contributed by atoms with Crippen LogP contribution in [0.25, 0.3) is 5.69 Å². The van der Waals surface area contributed by atoms with Crippen molar-refractivity contribution in [3.05, 3.63) is 72.6 Å². The Morgan fingerprint density at radius 3 is 2.64 bits per heavy atom. The van der Waals surface area contributed by atoms with Crippen LogP contribution in [0.2, 0.25) is 0 Å². The first-order valence-corrected chi connectivity index (χ1v) is 9.25. The van der Waals surface area contributed by atoms with E-state index in [0.29, 0.717) is 6.54 Å². The number of amides is 2. The first kappa shape index (κ1) is 17.1. The van der Waals surface area contributed by atoms with Crippen molar-refractivity contribution in [1.29, 1.82) is 0 Å². The number of hydrogen-bond acceptors (Lipinski definition) is 3. The quantitative estimate of drug-likeness (QED) is 0.660. The second-order valence-electron chi connectivity index (χ2n) is 5.45. The highest BCUT2D eigenvalue weighted by molar-refractivity contribution is 7.98. The van der Waals surface area contributed by atoms with Gasteiger partial charge in [-0.25, -0.2) is 9.48 Å². The van der Waals surface area contributed by atoms with E-state index in [2.05, 4.69) is 27.9 Å². The van der Waals surface area contributed by atoms with Crippen molar-refractivity contribution in [3.8, 4) is 5.69 Å². The predicted molar refractivity (Wildman–Crippen MR) is 103 cm³/mol. The van der Waals surface area contributed by atoms with E-state index in [-0.39, 0.29) is 6.03 Å². The summed E-state index contributed by atoms with van der Waals surface area (Å²) in [4.78, 5) is 13.1. The number of thioether (sulfide) groups is 1. The third-order valence-corrected chi connectivity index (χ3v) is 4.56. The van der Waals surface area contributed by atoms with Crippen molar-refractivity contribution in [3.63, 3.8) is 0 Å². The zero-order chi connectivity index (χ0) is 17.5. The van der Waals surface area contributed by atoms with Gasteiger partial charge in [0.2, 0.25) is 0 Å². The molecular formula is C19H20N4OS. The van der Waals surface area contributed by atoms with Crippen molar-refractivity contribution in [1.82, 2.24) is 15.1 Å². The summed E-state index contributed by atoms with van der Waals surface area (Å²) in [6.07, 6.45) is 6.43. The van der Waals surface area contributed by atoms with Crippen molar-refractivity contribution in [2.45, 2.75) is 11.3 Å². The second kappa shape index (κ2) is 8.39. The smallest absolute Gasteiger partial charge is 0.319 e. The van der Waals surface area contributed by atoms with Gasteiger partial charge < -0.3 is 10.6 Å². The maximum absolute atomic E-state index is 12.0. The molecule has 0 aliphatic rings. The van der Waals surface area contributed by atoms with Gasteiger partial charge in [-0.3, -0.25) is 0 Å². The Balaban J connectivity index is 1.48. The fourth-order valence-corrected chi connectivity index (χ4v) is 3.03. The molecule has 0 spiro atoms. The maximum atomic E-state index is 12.0. The van der Waals surface area contributed by atoms with Crippen LogP contribution in [-0.4, -0.2) is 28.6 Å². The fraction of sp³-hybridized carbons (Fsp3) is 0.158. The summed E-state index contributed by atoms with van der Waals surface area (Å²) in [5.74, 6) is 0. The highest BCUT2D eigenvalue weighted by atomic mass is 32.2. The van der Waals surface area contributed by atoms with E-state index >= 15 is 0 Å². The molecule has 0 bridgehead atoms. The molecule has 3 rings (SSSR count). The Bertz CT molecular complexity index is 816. The zero-order valence-electron chi connectivity index (χ0n) is 14.0. The number of nitrogens with zero attached hydrogens (tertiary/aromatic N) is 2. The van der Waals surface area contributed by atoms with E-state index in [1.165, 1.54) is 5.56 Å². The monoisotopic (exact) mass is 352 g/mol. The molecule has 2 amide bonds. The molecule has 0 fully saturated rings. The number of urea groups is 1. The molecule has 128 valence electrons. The van der Waals surface area contributed by atoms with Gasteiger partial charge in [-0.05, 0) is 48.6 Å². The summed E-state index contributed by atoms with van der Waals surface area (Å²) >= 11 is 1.61. The van der Waals surface area contributed by atoms with Gasteiger partial charge in [0.15, 0.2) is 0 Å². The van der Waals surface area contributed by atoms with Crippen LogP contribution < -0.4 is 10.6 Å². The number of anilines is 1. The van der Waals surface area contributed by atoms with E-state index in [1.807, 2.05) is 59.6 Å².